The van der Waals surface area contributed by atoms with Gasteiger partial charge in [-0.2, -0.15) is 11.8 Å². The topological polar surface area (TPSA) is 12.0 Å². The number of fused-ring (bicyclic) bond motifs is 1. The van der Waals surface area contributed by atoms with Gasteiger partial charge in [0.25, 0.3) is 0 Å². The summed E-state index contributed by atoms with van der Waals surface area (Å²) in [6, 6.07) is 15.7. The SMILES string of the molecule is CNC(CSC(C)(C)C)c1ccc2ccccc2c1. The van der Waals surface area contributed by atoms with Crippen molar-refractivity contribution >= 4 is 22.5 Å². The maximum Gasteiger partial charge on any atom is 0.0409 e. The van der Waals surface area contributed by atoms with Crippen molar-refractivity contribution in [3.05, 3.63) is 48.0 Å². The molecule has 0 amide bonds. The van der Waals surface area contributed by atoms with Gasteiger partial charge in [-0.15, -0.1) is 0 Å². The molecule has 1 N–H and O–H groups in total. The minimum Gasteiger partial charge on any atom is -0.312 e. The van der Waals surface area contributed by atoms with E-state index in [0.717, 1.165) is 5.75 Å². The Hall–Kier alpha value is -0.990. The number of nitrogens with one attached hydrogen (secondary N) is 1. The lowest BCUT2D eigenvalue weighted by atomic mass is 10.0. The zero-order valence-electron chi connectivity index (χ0n) is 12.2. The molecule has 0 heterocycles. The third-order valence-electron chi connectivity index (χ3n) is 3.21. The molecular formula is C17H23NS. The molecule has 19 heavy (non-hydrogen) atoms. The Morgan fingerprint density at radius 3 is 2.37 bits per heavy atom. The highest BCUT2D eigenvalue weighted by Gasteiger charge is 2.16. The van der Waals surface area contributed by atoms with Gasteiger partial charge in [-0.3, -0.25) is 0 Å². The molecule has 0 fully saturated rings. The molecule has 102 valence electrons. The van der Waals surface area contributed by atoms with Crippen LogP contribution in [0.4, 0.5) is 0 Å². The number of hydrogen-bond acceptors (Lipinski definition) is 2. The molecule has 0 saturated carbocycles. The van der Waals surface area contributed by atoms with Gasteiger partial charge < -0.3 is 5.32 Å². The van der Waals surface area contributed by atoms with E-state index in [1.165, 1.54) is 16.3 Å². The second-order valence-electron chi connectivity index (χ2n) is 5.87. The summed E-state index contributed by atoms with van der Waals surface area (Å²) in [5.74, 6) is 1.10. The minimum absolute atomic E-state index is 0.311. The van der Waals surface area contributed by atoms with E-state index >= 15 is 0 Å². The first-order valence-electron chi connectivity index (χ1n) is 6.79. The van der Waals surface area contributed by atoms with E-state index in [4.69, 9.17) is 0 Å². The summed E-state index contributed by atoms with van der Waals surface area (Å²) in [5, 5.41) is 6.06. The smallest absolute Gasteiger partial charge is 0.0409 e. The first-order valence-corrected chi connectivity index (χ1v) is 7.78. The van der Waals surface area contributed by atoms with Crippen LogP contribution in [-0.2, 0) is 0 Å². The number of benzene rings is 2. The standard InChI is InChI=1S/C17H23NS/c1-17(2,3)19-12-16(18-4)15-10-9-13-7-5-6-8-14(13)11-15/h5-11,16,18H,12H2,1-4H3. The lowest BCUT2D eigenvalue weighted by Crippen LogP contribution is -2.21. The van der Waals surface area contributed by atoms with E-state index < -0.39 is 0 Å². The highest BCUT2D eigenvalue weighted by molar-refractivity contribution is 8.00. The molecule has 0 bridgehead atoms. The molecule has 1 atom stereocenters. The van der Waals surface area contributed by atoms with E-state index in [-0.39, 0.29) is 0 Å². The molecule has 2 aromatic rings. The van der Waals surface area contributed by atoms with Gasteiger partial charge in [0.05, 0.1) is 0 Å². The van der Waals surface area contributed by atoms with Gasteiger partial charge in [0.1, 0.15) is 0 Å². The van der Waals surface area contributed by atoms with Gasteiger partial charge in [-0.1, -0.05) is 57.2 Å². The summed E-state index contributed by atoms with van der Waals surface area (Å²) >= 11 is 2.00. The molecule has 0 aromatic heterocycles. The molecule has 2 aromatic carbocycles. The lowest BCUT2D eigenvalue weighted by Gasteiger charge is -2.23. The monoisotopic (exact) mass is 273 g/mol. The summed E-state index contributed by atoms with van der Waals surface area (Å²) in [6.07, 6.45) is 0. The molecule has 1 unspecified atom stereocenters. The van der Waals surface area contributed by atoms with Gasteiger partial charge in [0.15, 0.2) is 0 Å². The Labute approximate surface area is 120 Å². The zero-order chi connectivity index (χ0) is 13.9. The maximum absolute atomic E-state index is 3.43. The summed E-state index contributed by atoms with van der Waals surface area (Å²) in [5.41, 5.74) is 1.37. The normalized spacial score (nSPS) is 13.7. The van der Waals surface area contributed by atoms with Crippen LogP contribution in [0.3, 0.4) is 0 Å². The fraction of sp³-hybridized carbons (Fsp3) is 0.412. The van der Waals surface area contributed by atoms with Gasteiger partial charge in [0.2, 0.25) is 0 Å². The van der Waals surface area contributed by atoms with Crippen LogP contribution >= 0.6 is 11.8 Å². The largest absolute Gasteiger partial charge is 0.312 e. The van der Waals surface area contributed by atoms with Gasteiger partial charge >= 0.3 is 0 Å². The molecule has 0 radical (unpaired) electrons. The van der Waals surface area contributed by atoms with E-state index in [1.54, 1.807) is 0 Å². The molecule has 0 aliphatic rings. The predicted octanol–water partition coefficient (Wildman–Crippen LogP) is 4.63. The van der Waals surface area contributed by atoms with Crippen LogP contribution in [-0.4, -0.2) is 17.5 Å². The Morgan fingerprint density at radius 2 is 1.74 bits per heavy atom. The third-order valence-corrected chi connectivity index (χ3v) is 4.57. The van der Waals surface area contributed by atoms with Crippen LogP contribution in [0.15, 0.2) is 42.5 Å². The van der Waals surface area contributed by atoms with Crippen LogP contribution in [0.1, 0.15) is 32.4 Å². The molecule has 0 aliphatic heterocycles. The van der Waals surface area contributed by atoms with Crippen molar-refractivity contribution in [3.8, 4) is 0 Å². The average molecular weight is 273 g/mol. The van der Waals surface area contributed by atoms with Crippen molar-refractivity contribution in [2.45, 2.75) is 31.6 Å². The van der Waals surface area contributed by atoms with Gasteiger partial charge in [0, 0.05) is 16.5 Å². The lowest BCUT2D eigenvalue weighted by molar-refractivity contribution is 0.657. The van der Waals surface area contributed by atoms with Crippen molar-refractivity contribution in [1.29, 1.82) is 0 Å². The van der Waals surface area contributed by atoms with Crippen LogP contribution in [0.5, 0.6) is 0 Å². The second-order valence-corrected chi connectivity index (χ2v) is 7.72. The predicted molar refractivity (Wildman–Crippen MR) is 88.0 cm³/mol. The van der Waals surface area contributed by atoms with E-state index in [0.29, 0.717) is 10.8 Å². The van der Waals surface area contributed by atoms with Crippen LogP contribution in [0.25, 0.3) is 10.8 Å². The van der Waals surface area contributed by atoms with Crippen LogP contribution < -0.4 is 5.32 Å². The number of rotatable bonds is 4. The summed E-state index contributed by atoms with van der Waals surface area (Å²) in [7, 11) is 2.04. The molecule has 0 saturated heterocycles. The quantitative estimate of drug-likeness (QED) is 0.871. The molecule has 2 rings (SSSR count). The van der Waals surface area contributed by atoms with E-state index in [2.05, 4.69) is 68.6 Å². The Kier molecular flexibility index (Phi) is 4.54. The minimum atomic E-state index is 0.311. The highest BCUT2D eigenvalue weighted by Crippen LogP contribution is 2.29. The fourth-order valence-electron chi connectivity index (χ4n) is 2.10. The molecular weight excluding hydrogens is 250 g/mol. The Balaban J connectivity index is 2.20. The van der Waals surface area contributed by atoms with Crippen molar-refractivity contribution in [2.24, 2.45) is 0 Å². The molecule has 0 aliphatic carbocycles. The maximum atomic E-state index is 3.43. The second kappa shape index (κ2) is 5.98. The fourth-order valence-corrected chi connectivity index (χ4v) is 3.13. The highest BCUT2D eigenvalue weighted by atomic mass is 32.2. The number of thioether (sulfide) groups is 1. The Morgan fingerprint density at radius 1 is 1.05 bits per heavy atom. The number of hydrogen-bond donors (Lipinski definition) is 1. The summed E-state index contributed by atoms with van der Waals surface area (Å²) in [4.78, 5) is 0. The van der Waals surface area contributed by atoms with Crippen LogP contribution in [0, 0.1) is 0 Å². The van der Waals surface area contributed by atoms with Crippen molar-refractivity contribution in [1.82, 2.24) is 5.32 Å². The van der Waals surface area contributed by atoms with E-state index in [9.17, 15) is 0 Å². The van der Waals surface area contributed by atoms with E-state index in [1.807, 2.05) is 18.8 Å². The van der Waals surface area contributed by atoms with Crippen LogP contribution in [0.2, 0.25) is 0 Å². The first kappa shape index (κ1) is 14.4. The molecule has 0 spiro atoms. The van der Waals surface area contributed by atoms with Crippen molar-refractivity contribution in [3.63, 3.8) is 0 Å². The molecule has 2 heteroatoms. The Bertz CT molecular complexity index is 542. The summed E-state index contributed by atoms with van der Waals surface area (Å²) in [6.45, 7) is 6.81. The average Bonchev–Trinajstić information content (AvgIpc) is 2.38. The van der Waals surface area contributed by atoms with Gasteiger partial charge in [-0.05, 0) is 29.4 Å². The van der Waals surface area contributed by atoms with Crippen molar-refractivity contribution in [2.75, 3.05) is 12.8 Å². The zero-order valence-corrected chi connectivity index (χ0v) is 13.1. The third kappa shape index (κ3) is 3.99. The van der Waals surface area contributed by atoms with Gasteiger partial charge in [-0.25, -0.2) is 0 Å². The molecule has 1 nitrogen and oxygen atoms in total. The first-order chi connectivity index (χ1) is 8.99. The van der Waals surface area contributed by atoms with Crippen molar-refractivity contribution < 1.29 is 0 Å². The summed E-state index contributed by atoms with van der Waals surface area (Å²) < 4.78 is 0.311.